The average Bonchev–Trinajstić information content (AvgIpc) is 3.02. The van der Waals surface area contributed by atoms with Crippen LogP contribution in [0.4, 0.5) is 0 Å². The molecule has 8 nitrogen and oxygen atoms in total. The summed E-state index contributed by atoms with van der Waals surface area (Å²) in [5, 5.41) is 11.4. The van der Waals surface area contributed by atoms with Crippen LogP contribution in [0.5, 0.6) is 0 Å². The summed E-state index contributed by atoms with van der Waals surface area (Å²) in [5.41, 5.74) is 3.91. The van der Waals surface area contributed by atoms with Gasteiger partial charge in [-0.15, -0.1) is 10.2 Å². The molecular formula is C15H14N6O2. The lowest BCUT2D eigenvalue weighted by atomic mass is 10.2. The number of nitrogens with zero attached hydrogens (tertiary/aromatic N) is 5. The lowest BCUT2D eigenvalue weighted by molar-refractivity contribution is -0.121. The van der Waals surface area contributed by atoms with E-state index in [-0.39, 0.29) is 23.5 Å². The molecule has 0 spiro atoms. The van der Waals surface area contributed by atoms with Crippen LogP contribution in [-0.4, -0.2) is 31.5 Å². The van der Waals surface area contributed by atoms with Crippen molar-refractivity contribution >= 4 is 17.8 Å². The number of carbonyl (C=O) groups excluding carboxylic acids is 1. The molecule has 0 saturated heterocycles. The molecule has 1 N–H and O–H groups in total. The van der Waals surface area contributed by atoms with Crippen molar-refractivity contribution in [2.75, 3.05) is 0 Å². The van der Waals surface area contributed by atoms with Crippen LogP contribution in [-0.2, 0) is 11.3 Å². The predicted molar refractivity (Wildman–Crippen MR) is 84.2 cm³/mol. The van der Waals surface area contributed by atoms with Crippen LogP contribution in [0.3, 0.4) is 0 Å². The molecule has 0 atom stereocenters. The SMILES string of the molecule is Cc1cc(=O)c2nncn2n1CC(=O)N/N=C/c1ccccc1. The quantitative estimate of drug-likeness (QED) is 0.556. The molecular weight excluding hydrogens is 296 g/mol. The van der Waals surface area contributed by atoms with Crippen molar-refractivity contribution in [3.63, 3.8) is 0 Å². The van der Waals surface area contributed by atoms with E-state index >= 15 is 0 Å². The Morgan fingerprint density at radius 3 is 2.91 bits per heavy atom. The molecule has 2 aromatic heterocycles. The first-order chi connectivity index (χ1) is 11.1. The third kappa shape index (κ3) is 3.15. The van der Waals surface area contributed by atoms with E-state index in [0.29, 0.717) is 5.69 Å². The van der Waals surface area contributed by atoms with Gasteiger partial charge in [0.15, 0.2) is 0 Å². The van der Waals surface area contributed by atoms with Gasteiger partial charge in [-0.05, 0) is 12.5 Å². The monoisotopic (exact) mass is 310 g/mol. The molecule has 0 aliphatic heterocycles. The molecule has 0 radical (unpaired) electrons. The van der Waals surface area contributed by atoms with E-state index in [0.717, 1.165) is 5.56 Å². The molecule has 1 aromatic carbocycles. The maximum absolute atomic E-state index is 12.0. The molecule has 0 aliphatic carbocycles. The maximum atomic E-state index is 12.0. The molecule has 23 heavy (non-hydrogen) atoms. The van der Waals surface area contributed by atoms with Gasteiger partial charge in [0.2, 0.25) is 11.1 Å². The highest BCUT2D eigenvalue weighted by molar-refractivity contribution is 5.82. The highest BCUT2D eigenvalue weighted by Crippen LogP contribution is 1.99. The third-order valence-electron chi connectivity index (χ3n) is 3.25. The minimum Gasteiger partial charge on any atom is -0.286 e. The Kier molecular flexibility index (Phi) is 3.96. The van der Waals surface area contributed by atoms with Crippen LogP contribution in [0.15, 0.2) is 52.6 Å². The van der Waals surface area contributed by atoms with Crippen molar-refractivity contribution in [2.24, 2.45) is 5.10 Å². The second-order valence-corrected chi connectivity index (χ2v) is 4.91. The second kappa shape index (κ2) is 6.22. The Balaban J connectivity index is 1.75. The van der Waals surface area contributed by atoms with Gasteiger partial charge in [0, 0.05) is 11.8 Å². The van der Waals surface area contributed by atoms with Gasteiger partial charge < -0.3 is 0 Å². The number of amides is 1. The number of aryl methyl sites for hydroxylation is 1. The number of hydrazone groups is 1. The number of carbonyl (C=O) groups is 1. The van der Waals surface area contributed by atoms with Gasteiger partial charge in [-0.1, -0.05) is 30.3 Å². The number of hydrogen-bond acceptors (Lipinski definition) is 5. The summed E-state index contributed by atoms with van der Waals surface area (Å²) in [5.74, 6) is -0.320. The molecule has 0 aliphatic rings. The van der Waals surface area contributed by atoms with Gasteiger partial charge in [0.25, 0.3) is 5.91 Å². The van der Waals surface area contributed by atoms with Crippen molar-refractivity contribution in [2.45, 2.75) is 13.5 Å². The molecule has 116 valence electrons. The van der Waals surface area contributed by atoms with Crippen LogP contribution >= 0.6 is 0 Å². The Morgan fingerprint density at radius 1 is 1.35 bits per heavy atom. The third-order valence-corrected chi connectivity index (χ3v) is 3.25. The fourth-order valence-corrected chi connectivity index (χ4v) is 2.16. The minimum absolute atomic E-state index is 0.00716. The molecule has 2 heterocycles. The minimum atomic E-state index is -0.320. The first-order valence-electron chi connectivity index (χ1n) is 6.92. The van der Waals surface area contributed by atoms with Crippen molar-refractivity contribution in [3.8, 4) is 0 Å². The van der Waals surface area contributed by atoms with E-state index in [1.165, 1.54) is 16.9 Å². The van der Waals surface area contributed by atoms with Crippen molar-refractivity contribution in [1.29, 1.82) is 0 Å². The molecule has 0 saturated carbocycles. The fraction of sp³-hybridized carbons (Fsp3) is 0.133. The summed E-state index contributed by atoms with van der Waals surface area (Å²) >= 11 is 0. The van der Waals surface area contributed by atoms with Crippen LogP contribution in [0.1, 0.15) is 11.3 Å². The first-order valence-corrected chi connectivity index (χ1v) is 6.92. The Labute approximate surface area is 131 Å². The summed E-state index contributed by atoms with van der Waals surface area (Å²) in [4.78, 5) is 23.8. The van der Waals surface area contributed by atoms with Crippen LogP contribution in [0.2, 0.25) is 0 Å². The van der Waals surface area contributed by atoms with Gasteiger partial charge in [-0.25, -0.2) is 9.94 Å². The fourth-order valence-electron chi connectivity index (χ4n) is 2.16. The summed E-state index contributed by atoms with van der Waals surface area (Å²) in [6, 6.07) is 10.8. The van der Waals surface area contributed by atoms with E-state index in [2.05, 4.69) is 20.7 Å². The zero-order valence-electron chi connectivity index (χ0n) is 12.4. The molecule has 0 fully saturated rings. The van der Waals surface area contributed by atoms with Gasteiger partial charge in [-0.3, -0.25) is 14.3 Å². The summed E-state index contributed by atoms with van der Waals surface area (Å²) in [6.45, 7) is 1.73. The first kappa shape index (κ1) is 14.6. The van der Waals surface area contributed by atoms with Crippen molar-refractivity contribution in [3.05, 3.63) is 64.2 Å². The smallest absolute Gasteiger partial charge is 0.261 e. The van der Waals surface area contributed by atoms with E-state index in [1.54, 1.807) is 17.8 Å². The summed E-state index contributed by atoms with van der Waals surface area (Å²) < 4.78 is 3.06. The lowest BCUT2D eigenvalue weighted by Crippen LogP contribution is -2.28. The topological polar surface area (TPSA) is 93.7 Å². The van der Waals surface area contributed by atoms with E-state index in [4.69, 9.17) is 0 Å². The molecule has 1 amide bonds. The number of hydrogen-bond donors (Lipinski definition) is 1. The highest BCUT2D eigenvalue weighted by Gasteiger charge is 2.10. The van der Waals surface area contributed by atoms with E-state index in [9.17, 15) is 9.59 Å². The summed E-state index contributed by atoms with van der Waals surface area (Å²) in [7, 11) is 0. The predicted octanol–water partition coefficient (Wildman–Crippen LogP) is 0.350. The zero-order chi connectivity index (χ0) is 16.2. The number of nitrogens with one attached hydrogen (secondary N) is 1. The zero-order valence-corrected chi connectivity index (χ0v) is 12.4. The van der Waals surface area contributed by atoms with Gasteiger partial charge in [0.05, 0.1) is 6.21 Å². The summed E-state index contributed by atoms with van der Waals surface area (Å²) in [6.07, 6.45) is 2.95. The van der Waals surface area contributed by atoms with Gasteiger partial charge in [-0.2, -0.15) is 5.10 Å². The maximum Gasteiger partial charge on any atom is 0.261 e. The number of benzene rings is 1. The van der Waals surface area contributed by atoms with Crippen molar-refractivity contribution in [1.82, 2.24) is 24.8 Å². The van der Waals surface area contributed by atoms with Gasteiger partial charge >= 0.3 is 0 Å². The molecule has 0 bridgehead atoms. The standard InChI is InChI=1S/C15H14N6O2/c1-11-7-13(22)15-19-17-10-21(15)20(11)9-14(23)18-16-8-12-5-3-2-4-6-12/h2-8,10H,9H2,1H3,(H,18,23)/b16-8+. The van der Waals surface area contributed by atoms with Crippen LogP contribution in [0, 0.1) is 6.92 Å². The Bertz CT molecular complexity index is 926. The average molecular weight is 310 g/mol. The molecule has 8 heteroatoms. The van der Waals surface area contributed by atoms with E-state index in [1.807, 2.05) is 30.3 Å². The van der Waals surface area contributed by atoms with Crippen LogP contribution < -0.4 is 10.9 Å². The lowest BCUT2D eigenvalue weighted by Gasteiger charge is -2.11. The van der Waals surface area contributed by atoms with Crippen molar-refractivity contribution < 1.29 is 4.79 Å². The Hall–Kier alpha value is -3.29. The second-order valence-electron chi connectivity index (χ2n) is 4.91. The largest absolute Gasteiger partial charge is 0.286 e. The number of rotatable bonds is 4. The number of aromatic nitrogens is 4. The van der Waals surface area contributed by atoms with Crippen LogP contribution in [0.25, 0.3) is 5.65 Å². The highest BCUT2D eigenvalue weighted by atomic mass is 16.2. The normalized spacial score (nSPS) is 11.2. The Morgan fingerprint density at radius 2 is 2.13 bits per heavy atom. The molecule has 0 unspecified atom stereocenters. The van der Waals surface area contributed by atoms with E-state index < -0.39 is 0 Å². The molecule has 3 aromatic rings. The van der Waals surface area contributed by atoms with Gasteiger partial charge in [0.1, 0.15) is 12.9 Å². The molecule has 3 rings (SSSR count). The number of fused-ring (bicyclic) bond motifs is 1.